The molecule has 30 heavy (non-hydrogen) atoms. The average molecular weight is 406 g/mol. The lowest BCUT2D eigenvalue weighted by Crippen LogP contribution is -2.64. The first-order valence-electron chi connectivity index (χ1n) is 10.4. The molecule has 0 aliphatic carbocycles. The van der Waals surface area contributed by atoms with Crippen molar-refractivity contribution in [1.82, 2.24) is 9.80 Å². The number of azide groups is 1. The number of piperazine rings is 1. The maximum absolute atomic E-state index is 13.6. The van der Waals surface area contributed by atoms with Crippen molar-refractivity contribution >= 4 is 5.91 Å². The van der Waals surface area contributed by atoms with Crippen LogP contribution in [0.1, 0.15) is 30.4 Å². The Hall–Kier alpha value is -3.02. The average Bonchev–Trinajstić information content (AvgIpc) is 2.76. The van der Waals surface area contributed by atoms with E-state index in [4.69, 9.17) is 10.3 Å². The number of carbonyl (C=O) groups is 1. The first-order chi connectivity index (χ1) is 14.7. The van der Waals surface area contributed by atoms with E-state index in [2.05, 4.69) is 27.1 Å². The maximum atomic E-state index is 13.6. The Morgan fingerprint density at radius 2 is 1.80 bits per heavy atom. The normalized spacial score (nSPS) is 24.1. The number of rotatable bonds is 6. The number of fused-ring (bicyclic) bond motifs is 5. The molecular weight excluding hydrogens is 378 g/mol. The molecule has 2 aromatic rings. The Morgan fingerprint density at radius 1 is 1.07 bits per heavy atom. The van der Waals surface area contributed by atoms with Crippen molar-refractivity contribution in [2.75, 3.05) is 13.7 Å². The Morgan fingerprint density at radius 3 is 2.50 bits per heavy atom. The summed E-state index contributed by atoms with van der Waals surface area (Å²) in [4.78, 5) is 20.9. The summed E-state index contributed by atoms with van der Waals surface area (Å²) in [6.07, 6.45) is 2.49. The number of hydrogen-bond donors (Lipinski definition) is 0. The van der Waals surface area contributed by atoms with Crippen molar-refractivity contribution in [1.29, 1.82) is 0 Å². The lowest BCUT2D eigenvalue weighted by molar-refractivity contribution is -0.150. The Bertz CT molecular complexity index is 911. The van der Waals surface area contributed by atoms with Crippen LogP contribution in [0.2, 0.25) is 0 Å². The lowest BCUT2D eigenvalue weighted by atomic mass is 9.88. The summed E-state index contributed by atoms with van der Waals surface area (Å²) in [5.74, 6) is 0.927. The van der Waals surface area contributed by atoms with Crippen molar-refractivity contribution in [2.24, 2.45) is 5.11 Å². The fourth-order valence-electron chi connectivity index (χ4n) is 4.64. The second kappa shape index (κ2) is 9.20. The molecule has 3 atom stereocenters. The molecule has 2 aromatic carbocycles. The van der Waals surface area contributed by atoms with Gasteiger partial charge in [0.25, 0.3) is 0 Å². The molecule has 7 nitrogen and oxygen atoms in total. The molecule has 2 bridgehead atoms. The fourth-order valence-corrected chi connectivity index (χ4v) is 4.64. The van der Waals surface area contributed by atoms with Gasteiger partial charge in [-0.25, -0.2) is 0 Å². The number of amides is 1. The third-order valence-corrected chi connectivity index (χ3v) is 6.19. The minimum Gasteiger partial charge on any atom is -0.497 e. The zero-order valence-corrected chi connectivity index (χ0v) is 17.2. The SMILES string of the molecule is COc1ccc(CN2C(=O)[C@H]3CCC[C@H](N=[N+]=[N-])[C@@H]2CN3Cc2ccccc2)cc1. The van der Waals surface area contributed by atoms with Gasteiger partial charge < -0.3 is 9.64 Å². The molecule has 0 saturated carbocycles. The zero-order valence-electron chi connectivity index (χ0n) is 17.2. The van der Waals surface area contributed by atoms with Gasteiger partial charge in [0.1, 0.15) is 5.75 Å². The van der Waals surface area contributed by atoms with Gasteiger partial charge in [-0.2, -0.15) is 0 Å². The van der Waals surface area contributed by atoms with Gasteiger partial charge in [-0.3, -0.25) is 9.69 Å². The fraction of sp³-hybridized carbons (Fsp3) is 0.435. The van der Waals surface area contributed by atoms with Gasteiger partial charge in [-0.1, -0.05) is 54.0 Å². The third-order valence-electron chi connectivity index (χ3n) is 6.19. The van der Waals surface area contributed by atoms with Gasteiger partial charge in [0.15, 0.2) is 0 Å². The molecule has 1 amide bonds. The van der Waals surface area contributed by atoms with E-state index in [1.165, 1.54) is 5.56 Å². The molecule has 0 aromatic heterocycles. The van der Waals surface area contributed by atoms with Gasteiger partial charge in [0.2, 0.25) is 5.91 Å². The summed E-state index contributed by atoms with van der Waals surface area (Å²) in [6, 6.07) is 17.6. The van der Waals surface area contributed by atoms with Crippen LogP contribution in [-0.2, 0) is 17.9 Å². The molecule has 0 unspecified atom stereocenters. The van der Waals surface area contributed by atoms with Crippen LogP contribution in [0.5, 0.6) is 5.75 Å². The molecule has 3 saturated heterocycles. The van der Waals surface area contributed by atoms with Crippen LogP contribution in [0.4, 0.5) is 0 Å². The van der Waals surface area contributed by atoms with Crippen molar-refractivity contribution in [3.05, 3.63) is 76.2 Å². The van der Waals surface area contributed by atoms with Crippen LogP contribution in [0.15, 0.2) is 59.7 Å². The van der Waals surface area contributed by atoms with E-state index in [0.717, 1.165) is 37.1 Å². The van der Waals surface area contributed by atoms with E-state index in [1.54, 1.807) is 7.11 Å². The zero-order chi connectivity index (χ0) is 20.9. The molecule has 3 aliphatic heterocycles. The van der Waals surface area contributed by atoms with Crippen molar-refractivity contribution in [3.8, 4) is 5.75 Å². The minimum atomic E-state index is -0.211. The number of methoxy groups -OCH3 is 1. The second-order valence-electron chi connectivity index (χ2n) is 8.02. The summed E-state index contributed by atoms with van der Waals surface area (Å²) in [5.41, 5.74) is 11.4. The van der Waals surface area contributed by atoms with Gasteiger partial charge in [-0.05, 0) is 41.6 Å². The molecule has 0 radical (unpaired) electrons. The van der Waals surface area contributed by atoms with E-state index >= 15 is 0 Å². The smallest absolute Gasteiger partial charge is 0.240 e. The molecule has 156 valence electrons. The number of benzene rings is 2. The van der Waals surface area contributed by atoms with E-state index in [9.17, 15) is 4.79 Å². The number of ether oxygens (including phenoxy) is 1. The van der Waals surface area contributed by atoms with Gasteiger partial charge in [0, 0.05) is 24.5 Å². The monoisotopic (exact) mass is 405 g/mol. The second-order valence-corrected chi connectivity index (χ2v) is 8.02. The highest BCUT2D eigenvalue weighted by Gasteiger charge is 2.44. The summed E-state index contributed by atoms with van der Waals surface area (Å²) in [5, 5.41) is 4.10. The molecule has 3 aliphatic rings. The largest absolute Gasteiger partial charge is 0.497 e. The first kappa shape index (κ1) is 20.3. The van der Waals surface area contributed by atoms with Crippen LogP contribution in [-0.4, -0.2) is 47.5 Å². The topological polar surface area (TPSA) is 81.5 Å². The summed E-state index contributed by atoms with van der Waals surface area (Å²) in [7, 11) is 1.64. The summed E-state index contributed by atoms with van der Waals surface area (Å²) >= 11 is 0. The van der Waals surface area contributed by atoms with Gasteiger partial charge in [0.05, 0.1) is 25.2 Å². The van der Waals surface area contributed by atoms with Crippen LogP contribution >= 0.6 is 0 Å². The highest BCUT2D eigenvalue weighted by molar-refractivity contribution is 5.83. The van der Waals surface area contributed by atoms with Crippen LogP contribution in [0.25, 0.3) is 10.4 Å². The van der Waals surface area contributed by atoms with E-state index in [1.807, 2.05) is 47.4 Å². The Labute approximate surface area is 176 Å². The summed E-state index contributed by atoms with van der Waals surface area (Å²) < 4.78 is 5.24. The summed E-state index contributed by atoms with van der Waals surface area (Å²) in [6.45, 7) is 1.96. The minimum absolute atomic E-state index is 0.129. The number of hydrogen-bond acceptors (Lipinski definition) is 4. The lowest BCUT2D eigenvalue weighted by Gasteiger charge is -2.49. The molecular formula is C23H27N5O2. The van der Waals surface area contributed by atoms with E-state index in [-0.39, 0.29) is 24.0 Å². The molecule has 0 spiro atoms. The van der Waals surface area contributed by atoms with E-state index in [0.29, 0.717) is 13.1 Å². The van der Waals surface area contributed by atoms with Gasteiger partial charge >= 0.3 is 0 Å². The van der Waals surface area contributed by atoms with Gasteiger partial charge in [-0.15, -0.1) is 0 Å². The molecule has 0 N–H and O–H groups in total. The predicted octanol–water partition coefficient (Wildman–Crippen LogP) is 4.14. The van der Waals surface area contributed by atoms with Crippen LogP contribution < -0.4 is 4.74 Å². The third kappa shape index (κ3) is 4.27. The quantitative estimate of drug-likeness (QED) is 0.411. The first-order valence-corrected chi connectivity index (χ1v) is 10.4. The Balaban J connectivity index is 1.61. The number of carbonyl (C=O) groups excluding carboxylic acids is 1. The maximum Gasteiger partial charge on any atom is 0.240 e. The standard InChI is InChI=1S/C23H27N5O2/c1-30-19-12-10-18(11-13-19)15-28-22-16-27(14-17-6-3-2-4-7-17)21(23(28)29)9-5-8-20(22)25-26-24/h2-4,6-7,10-13,20-22H,5,8-9,14-16H2,1H3/t20-,21+,22-/m0/s1. The van der Waals surface area contributed by atoms with Crippen molar-refractivity contribution in [3.63, 3.8) is 0 Å². The highest BCUT2D eigenvalue weighted by atomic mass is 16.5. The van der Waals surface area contributed by atoms with Crippen LogP contribution in [0, 0.1) is 0 Å². The van der Waals surface area contributed by atoms with Crippen molar-refractivity contribution in [2.45, 2.75) is 50.5 Å². The highest BCUT2D eigenvalue weighted by Crippen LogP contribution is 2.32. The molecule has 3 heterocycles. The Kier molecular flexibility index (Phi) is 6.21. The van der Waals surface area contributed by atoms with Crippen LogP contribution in [0.3, 0.4) is 0 Å². The molecule has 5 rings (SSSR count). The van der Waals surface area contributed by atoms with E-state index < -0.39 is 0 Å². The predicted molar refractivity (Wildman–Crippen MR) is 115 cm³/mol. The molecule has 3 fully saturated rings. The number of nitrogens with zero attached hydrogens (tertiary/aromatic N) is 5. The molecule has 7 heteroatoms. The van der Waals surface area contributed by atoms with Crippen molar-refractivity contribution < 1.29 is 9.53 Å².